The first kappa shape index (κ1) is 19.3. The molecule has 0 aliphatic carbocycles. The minimum absolute atomic E-state index is 0.0191. The fraction of sp³-hybridized carbons (Fsp3) is 0.778. The number of halogens is 6. The summed E-state index contributed by atoms with van der Waals surface area (Å²) in [5, 5.41) is 10.6. The van der Waals surface area contributed by atoms with Gasteiger partial charge in [0.05, 0.1) is 12.0 Å². The van der Waals surface area contributed by atoms with Gasteiger partial charge in [-0.1, -0.05) is 0 Å². The van der Waals surface area contributed by atoms with Crippen LogP contribution < -0.4 is 16.6 Å². The van der Waals surface area contributed by atoms with Gasteiger partial charge in [0.2, 0.25) is 0 Å². The van der Waals surface area contributed by atoms with Crippen molar-refractivity contribution in [1.82, 2.24) is 4.90 Å². The second-order valence-corrected chi connectivity index (χ2v) is 3.94. The van der Waals surface area contributed by atoms with Crippen molar-refractivity contribution >= 4 is 11.9 Å². The van der Waals surface area contributed by atoms with Crippen LogP contribution in [0.5, 0.6) is 0 Å². The van der Waals surface area contributed by atoms with Gasteiger partial charge < -0.3 is 21.4 Å². The molecule has 0 saturated heterocycles. The fourth-order valence-electron chi connectivity index (χ4n) is 1.51. The molecule has 0 aromatic carbocycles. The van der Waals surface area contributed by atoms with E-state index in [0.717, 1.165) is 0 Å². The Labute approximate surface area is 115 Å². The lowest BCUT2D eigenvalue weighted by molar-refractivity contribution is -0.396. The number of carboxylic acids is 1. The molecule has 0 radical (unpaired) electrons. The number of carboxylic acid groups (broad SMARTS) is 1. The molecule has 6 nitrogen and oxygen atoms in total. The van der Waals surface area contributed by atoms with Crippen molar-refractivity contribution in [3.05, 3.63) is 0 Å². The fourth-order valence-corrected chi connectivity index (χ4v) is 1.51. The van der Waals surface area contributed by atoms with Gasteiger partial charge in [0, 0.05) is 6.54 Å². The number of alkyl halides is 6. The molecule has 0 amide bonds. The molecule has 0 fully saturated rings. The zero-order valence-corrected chi connectivity index (χ0v) is 10.5. The number of unbranched alkanes of at least 4 members (excludes halogenated alkanes) is 1. The van der Waals surface area contributed by atoms with E-state index in [1.54, 1.807) is 0 Å². The highest BCUT2D eigenvalue weighted by Crippen LogP contribution is 2.36. The van der Waals surface area contributed by atoms with Crippen LogP contribution in [0.15, 0.2) is 4.99 Å². The molecule has 1 atom stereocenters. The molecule has 0 bridgehead atoms. The van der Waals surface area contributed by atoms with Gasteiger partial charge in [-0.3, -0.25) is 4.99 Å². The van der Waals surface area contributed by atoms with E-state index in [1.807, 2.05) is 0 Å². The van der Waals surface area contributed by atoms with Crippen LogP contribution in [0.25, 0.3) is 0 Å². The summed E-state index contributed by atoms with van der Waals surface area (Å²) in [6.07, 6.45) is -12.9. The average Bonchev–Trinajstić information content (AvgIpc) is 2.22. The average molecular weight is 323 g/mol. The summed E-state index contributed by atoms with van der Waals surface area (Å²) >= 11 is 0. The summed E-state index contributed by atoms with van der Waals surface area (Å²) in [6.45, 7) is -0.0415. The third-order valence-electron chi connectivity index (χ3n) is 2.31. The number of guanidine groups is 1. The van der Waals surface area contributed by atoms with E-state index in [-0.39, 0.29) is 25.3 Å². The van der Waals surface area contributed by atoms with Gasteiger partial charge in [-0.2, -0.15) is 26.3 Å². The smallest absolute Gasteiger partial charge is 0.467 e. The number of carbonyl (C=O) groups is 1. The van der Waals surface area contributed by atoms with Crippen LogP contribution in [0.2, 0.25) is 0 Å². The summed E-state index contributed by atoms with van der Waals surface area (Å²) in [4.78, 5) is 12.1. The Bertz CT molecular complexity index is 363. The predicted octanol–water partition coefficient (Wildman–Crippen LogP) is -0.110. The van der Waals surface area contributed by atoms with Crippen LogP contribution in [0.1, 0.15) is 19.3 Å². The Morgan fingerprint density at radius 2 is 1.57 bits per heavy atom. The summed E-state index contributed by atoms with van der Waals surface area (Å²) in [5.41, 5.74) is 9.93. The first-order valence-electron chi connectivity index (χ1n) is 5.56. The molecule has 4 N–H and O–H groups in total. The standard InChI is InChI=1S/C9H14F6N4O2/c10-8(11,12)19(9(13,14)15)5(6(20)21)3-1-2-4-18-7(16)17/h5H,1-4H2,(H,20,21)(H4,16,17,18)/p-1/t5-/m1/s1. The number of aliphatic carboxylic acids is 1. The van der Waals surface area contributed by atoms with E-state index in [4.69, 9.17) is 11.5 Å². The SMILES string of the molecule is NC(N)=NCCCC[C@H](C(=O)[O-])N(C(F)(F)F)C(F)(F)F. The molecular weight excluding hydrogens is 310 g/mol. The Kier molecular flexibility index (Phi) is 6.73. The van der Waals surface area contributed by atoms with Crippen molar-refractivity contribution in [3.63, 3.8) is 0 Å². The van der Waals surface area contributed by atoms with Crippen LogP contribution in [-0.4, -0.2) is 42.0 Å². The van der Waals surface area contributed by atoms with E-state index in [1.165, 1.54) is 0 Å². The van der Waals surface area contributed by atoms with E-state index in [0.29, 0.717) is 0 Å². The number of nitrogens with two attached hydrogens (primary N) is 2. The maximum Gasteiger partial charge on any atom is 0.467 e. The van der Waals surface area contributed by atoms with E-state index < -0.39 is 35.9 Å². The third-order valence-corrected chi connectivity index (χ3v) is 2.31. The van der Waals surface area contributed by atoms with Crippen LogP contribution in [-0.2, 0) is 4.79 Å². The lowest BCUT2D eigenvalue weighted by Gasteiger charge is -2.34. The summed E-state index contributed by atoms with van der Waals surface area (Å²) < 4.78 is 74.2. The Morgan fingerprint density at radius 1 is 1.10 bits per heavy atom. The number of nitrogens with zero attached hydrogens (tertiary/aromatic N) is 2. The molecule has 0 aromatic rings. The van der Waals surface area contributed by atoms with Crippen molar-refractivity contribution in [3.8, 4) is 0 Å². The zero-order chi connectivity index (χ0) is 16.8. The second kappa shape index (κ2) is 7.33. The van der Waals surface area contributed by atoms with Gasteiger partial charge in [-0.25, -0.2) is 0 Å². The highest BCUT2D eigenvalue weighted by atomic mass is 19.4. The molecular formula is C9H13F6N4O2-. The molecule has 0 aliphatic heterocycles. The highest BCUT2D eigenvalue weighted by Gasteiger charge is 2.57. The van der Waals surface area contributed by atoms with Gasteiger partial charge >= 0.3 is 12.6 Å². The summed E-state index contributed by atoms with van der Waals surface area (Å²) in [7, 11) is 0. The van der Waals surface area contributed by atoms with Crippen molar-refractivity contribution in [2.45, 2.75) is 37.9 Å². The van der Waals surface area contributed by atoms with E-state index in [9.17, 15) is 36.2 Å². The van der Waals surface area contributed by atoms with E-state index in [2.05, 4.69) is 4.99 Å². The van der Waals surface area contributed by atoms with Gasteiger partial charge in [0.1, 0.15) is 0 Å². The molecule has 0 heterocycles. The first-order valence-corrected chi connectivity index (χ1v) is 5.56. The third kappa shape index (κ3) is 7.02. The van der Waals surface area contributed by atoms with Crippen molar-refractivity contribution in [2.24, 2.45) is 16.5 Å². The molecule has 0 saturated carbocycles. The lowest BCUT2D eigenvalue weighted by atomic mass is 10.1. The van der Waals surface area contributed by atoms with Crippen molar-refractivity contribution in [2.75, 3.05) is 6.54 Å². The maximum atomic E-state index is 12.4. The number of carbonyl (C=O) groups excluding carboxylic acids is 1. The Balaban J connectivity index is 4.86. The van der Waals surface area contributed by atoms with Crippen LogP contribution >= 0.6 is 0 Å². The van der Waals surface area contributed by atoms with Crippen LogP contribution in [0, 0.1) is 0 Å². The van der Waals surface area contributed by atoms with E-state index >= 15 is 0 Å². The number of hydrogen-bond donors (Lipinski definition) is 2. The lowest BCUT2D eigenvalue weighted by Crippen LogP contribution is -2.59. The maximum absolute atomic E-state index is 12.4. The van der Waals surface area contributed by atoms with Gasteiger partial charge in [-0.05, 0) is 19.3 Å². The quantitative estimate of drug-likeness (QED) is 0.223. The summed E-state index contributed by atoms with van der Waals surface area (Å²) in [5.74, 6) is -2.76. The summed E-state index contributed by atoms with van der Waals surface area (Å²) in [6, 6.07) is -2.87. The molecule has 0 aliphatic rings. The number of aliphatic imine (C=N–C) groups is 1. The molecule has 0 aromatic heterocycles. The van der Waals surface area contributed by atoms with Crippen LogP contribution in [0.3, 0.4) is 0 Å². The van der Waals surface area contributed by atoms with Crippen molar-refractivity contribution in [1.29, 1.82) is 0 Å². The number of rotatable bonds is 7. The Morgan fingerprint density at radius 3 is 1.90 bits per heavy atom. The molecule has 0 spiro atoms. The molecule has 12 heteroatoms. The largest absolute Gasteiger partial charge is 0.548 e. The minimum Gasteiger partial charge on any atom is -0.548 e. The molecule has 0 unspecified atom stereocenters. The molecule has 0 rings (SSSR count). The molecule has 124 valence electrons. The first-order chi connectivity index (χ1) is 9.37. The normalized spacial score (nSPS) is 14.0. The van der Waals surface area contributed by atoms with Gasteiger partial charge in [0.15, 0.2) is 5.96 Å². The Hall–Kier alpha value is -1.72. The van der Waals surface area contributed by atoms with Crippen LogP contribution in [0.4, 0.5) is 26.3 Å². The van der Waals surface area contributed by atoms with Gasteiger partial charge in [0.25, 0.3) is 0 Å². The minimum atomic E-state index is -5.89. The highest BCUT2D eigenvalue weighted by molar-refractivity contribution is 5.75. The molecule has 21 heavy (non-hydrogen) atoms. The monoisotopic (exact) mass is 323 g/mol. The van der Waals surface area contributed by atoms with Crippen molar-refractivity contribution < 1.29 is 36.2 Å². The number of hydrogen-bond acceptors (Lipinski definition) is 4. The van der Waals surface area contributed by atoms with Gasteiger partial charge in [-0.15, -0.1) is 4.90 Å². The zero-order valence-electron chi connectivity index (χ0n) is 10.5. The topological polar surface area (TPSA) is 108 Å². The second-order valence-electron chi connectivity index (χ2n) is 3.94. The predicted molar refractivity (Wildman–Crippen MR) is 57.3 cm³/mol.